The zero-order valence-corrected chi connectivity index (χ0v) is 23.5. The minimum absolute atomic E-state index is 0.169. The number of hydrogen-bond acceptors (Lipinski definition) is 9. The number of anilines is 1. The Labute approximate surface area is 233 Å². The maximum Gasteiger partial charge on any atom is 0.248 e. The van der Waals surface area contributed by atoms with Crippen molar-refractivity contribution in [3.63, 3.8) is 0 Å². The van der Waals surface area contributed by atoms with Gasteiger partial charge in [-0.15, -0.1) is 0 Å². The van der Waals surface area contributed by atoms with Gasteiger partial charge in [0.2, 0.25) is 17.4 Å². The van der Waals surface area contributed by atoms with Crippen molar-refractivity contribution in [2.24, 2.45) is 0 Å². The number of phenols is 1. The highest BCUT2D eigenvalue weighted by molar-refractivity contribution is 6.04. The molecule has 0 saturated heterocycles. The molecule has 0 atom stereocenters. The van der Waals surface area contributed by atoms with E-state index in [4.69, 9.17) is 33.2 Å². The van der Waals surface area contributed by atoms with Crippen LogP contribution in [0.15, 0.2) is 42.5 Å². The van der Waals surface area contributed by atoms with Gasteiger partial charge in [-0.3, -0.25) is 4.79 Å². The number of aromatic hydroxyl groups is 1. The van der Waals surface area contributed by atoms with Gasteiger partial charge in [-0.05, 0) is 53.6 Å². The lowest BCUT2D eigenvalue weighted by Crippen LogP contribution is -2.09. The summed E-state index contributed by atoms with van der Waals surface area (Å²) >= 11 is 0. The highest BCUT2D eigenvalue weighted by Gasteiger charge is 2.16. The Bertz CT molecular complexity index is 1360. The predicted octanol–water partition coefficient (Wildman–Crippen LogP) is 5.27. The monoisotopic (exact) mass is 551 g/mol. The van der Waals surface area contributed by atoms with Crippen LogP contribution in [-0.2, 0) is 4.79 Å². The van der Waals surface area contributed by atoms with Gasteiger partial charge in [-0.1, -0.05) is 12.2 Å². The Morgan fingerprint density at radius 3 is 1.50 bits per heavy atom. The molecular weight excluding hydrogens is 518 g/mol. The van der Waals surface area contributed by atoms with Crippen molar-refractivity contribution in [1.29, 1.82) is 0 Å². The summed E-state index contributed by atoms with van der Waals surface area (Å²) in [5.41, 5.74) is 2.08. The molecule has 0 radical (unpaired) electrons. The summed E-state index contributed by atoms with van der Waals surface area (Å²) in [6.07, 6.45) is 6.43. The number of benzene rings is 3. The van der Waals surface area contributed by atoms with E-state index in [9.17, 15) is 9.90 Å². The second-order valence-corrected chi connectivity index (χ2v) is 8.15. The molecule has 0 aromatic heterocycles. The number of rotatable bonds is 12. The summed E-state index contributed by atoms with van der Waals surface area (Å²) in [7, 11) is 10.6. The second-order valence-electron chi connectivity index (χ2n) is 8.15. The largest absolute Gasteiger partial charge is 0.503 e. The fourth-order valence-electron chi connectivity index (χ4n) is 3.94. The summed E-state index contributed by atoms with van der Waals surface area (Å²) in [6.45, 7) is 0. The molecule has 0 unspecified atom stereocenters. The molecule has 0 aliphatic carbocycles. The molecule has 3 aromatic carbocycles. The van der Waals surface area contributed by atoms with Crippen LogP contribution in [0.5, 0.6) is 46.0 Å². The first-order valence-electron chi connectivity index (χ1n) is 12.0. The lowest BCUT2D eigenvalue weighted by molar-refractivity contribution is -0.111. The average Bonchev–Trinajstić information content (AvgIpc) is 2.98. The van der Waals surface area contributed by atoms with Crippen molar-refractivity contribution in [2.45, 2.75) is 0 Å². The molecule has 0 heterocycles. The number of phenolic OH excluding ortho intramolecular Hbond substituents is 1. The van der Waals surface area contributed by atoms with Gasteiger partial charge in [0.15, 0.2) is 34.5 Å². The molecule has 3 aromatic rings. The van der Waals surface area contributed by atoms with Crippen molar-refractivity contribution in [3.8, 4) is 46.0 Å². The van der Waals surface area contributed by atoms with E-state index in [0.717, 1.165) is 5.56 Å². The predicted molar refractivity (Wildman–Crippen MR) is 153 cm³/mol. The Kier molecular flexibility index (Phi) is 10.1. The van der Waals surface area contributed by atoms with Crippen LogP contribution in [0.25, 0.3) is 18.2 Å². The van der Waals surface area contributed by atoms with Crippen LogP contribution < -0.4 is 38.5 Å². The lowest BCUT2D eigenvalue weighted by atomic mass is 10.1. The molecular formula is C30H33NO9. The third kappa shape index (κ3) is 6.52. The number of nitrogens with one attached hydrogen (secondary N) is 1. The van der Waals surface area contributed by atoms with Gasteiger partial charge in [-0.2, -0.15) is 0 Å². The normalized spacial score (nSPS) is 10.9. The Morgan fingerprint density at radius 2 is 1.07 bits per heavy atom. The van der Waals surface area contributed by atoms with Crippen molar-refractivity contribution < 1.29 is 43.1 Å². The summed E-state index contributed by atoms with van der Waals surface area (Å²) in [4.78, 5) is 12.9. The summed E-state index contributed by atoms with van der Waals surface area (Å²) in [5, 5.41) is 13.6. The quantitative estimate of drug-likeness (QED) is 0.176. The molecule has 0 spiro atoms. The average molecular weight is 552 g/mol. The van der Waals surface area contributed by atoms with Crippen LogP contribution in [0.2, 0.25) is 0 Å². The molecule has 1 amide bonds. The fraction of sp³-hybridized carbons (Fsp3) is 0.233. The molecule has 10 heteroatoms. The number of hydrogen-bond donors (Lipinski definition) is 2. The molecule has 40 heavy (non-hydrogen) atoms. The number of carbonyl (C=O) groups is 1. The summed E-state index contributed by atoms with van der Waals surface area (Å²) < 4.78 is 37.5. The standard InChI is InChI=1S/C30H33NO9/c1-34-21-12-11-20(10-8-18-14-22(35-2)29(39-6)23(15-18)36-3)27(28(21)33)31-26(32)13-9-19-16-24(37-4)30(40-7)25(17-19)38-5/h8-17,33H,1-7H3,(H,31,32)/b10-8-,13-9+. The van der Waals surface area contributed by atoms with Crippen molar-refractivity contribution in [3.05, 3.63) is 59.2 Å². The van der Waals surface area contributed by atoms with Crippen LogP contribution in [0, 0.1) is 0 Å². The SMILES string of the molecule is COc1ccc(/C=C\c2cc(OC)c(OC)c(OC)c2)c(NC(=O)/C=C/c2cc(OC)c(OC)c(OC)c2)c1O. The first-order chi connectivity index (χ1) is 19.3. The lowest BCUT2D eigenvalue weighted by Gasteiger charge is -2.14. The number of carbonyl (C=O) groups excluding carboxylic acids is 1. The topological polar surface area (TPSA) is 114 Å². The highest BCUT2D eigenvalue weighted by atomic mass is 16.5. The summed E-state index contributed by atoms with van der Waals surface area (Å²) in [6, 6.07) is 10.3. The zero-order chi connectivity index (χ0) is 29.2. The van der Waals surface area contributed by atoms with Crippen molar-refractivity contribution >= 4 is 29.8 Å². The van der Waals surface area contributed by atoms with Crippen LogP contribution in [-0.4, -0.2) is 60.8 Å². The minimum atomic E-state index is -0.486. The van der Waals surface area contributed by atoms with Gasteiger partial charge >= 0.3 is 0 Å². The third-order valence-corrected chi connectivity index (χ3v) is 5.90. The van der Waals surface area contributed by atoms with E-state index in [-0.39, 0.29) is 17.2 Å². The number of amides is 1. The maximum absolute atomic E-state index is 12.9. The molecule has 0 aliphatic heterocycles. The van der Waals surface area contributed by atoms with E-state index in [0.29, 0.717) is 45.6 Å². The Morgan fingerprint density at radius 1 is 0.625 bits per heavy atom. The van der Waals surface area contributed by atoms with E-state index in [1.54, 1.807) is 54.6 Å². The maximum atomic E-state index is 12.9. The van der Waals surface area contributed by atoms with E-state index in [2.05, 4.69) is 5.32 Å². The molecule has 212 valence electrons. The number of methoxy groups -OCH3 is 7. The smallest absolute Gasteiger partial charge is 0.248 e. The molecule has 0 saturated carbocycles. The Hall–Kier alpha value is -4.99. The first-order valence-corrected chi connectivity index (χ1v) is 12.0. The van der Waals surface area contributed by atoms with Gasteiger partial charge in [0.1, 0.15) is 0 Å². The zero-order valence-electron chi connectivity index (χ0n) is 23.5. The fourth-order valence-corrected chi connectivity index (χ4v) is 3.94. The highest BCUT2D eigenvalue weighted by Crippen LogP contribution is 2.41. The van der Waals surface area contributed by atoms with E-state index < -0.39 is 5.91 Å². The summed E-state index contributed by atoms with van der Waals surface area (Å²) in [5.74, 6) is 2.29. The van der Waals surface area contributed by atoms with E-state index >= 15 is 0 Å². The van der Waals surface area contributed by atoms with Gasteiger partial charge in [0, 0.05) is 11.6 Å². The molecule has 2 N–H and O–H groups in total. The second kappa shape index (κ2) is 13.7. The van der Waals surface area contributed by atoms with E-state index in [1.807, 2.05) is 0 Å². The first kappa shape index (κ1) is 29.6. The van der Waals surface area contributed by atoms with Crippen molar-refractivity contribution in [1.82, 2.24) is 0 Å². The van der Waals surface area contributed by atoms with Gasteiger partial charge in [-0.25, -0.2) is 0 Å². The van der Waals surface area contributed by atoms with Crippen molar-refractivity contribution in [2.75, 3.05) is 55.1 Å². The van der Waals surface area contributed by atoms with Gasteiger partial charge in [0.25, 0.3) is 0 Å². The van der Waals surface area contributed by atoms with Crippen LogP contribution in [0.4, 0.5) is 5.69 Å². The molecule has 0 bridgehead atoms. The number of ether oxygens (including phenoxy) is 7. The minimum Gasteiger partial charge on any atom is -0.503 e. The molecule has 0 fully saturated rings. The molecule has 10 nitrogen and oxygen atoms in total. The van der Waals surface area contributed by atoms with Gasteiger partial charge < -0.3 is 43.6 Å². The third-order valence-electron chi connectivity index (χ3n) is 5.90. The molecule has 0 aliphatic rings. The van der Waals surface area contributed by atoms with Crippen LogP contribution >= 0.6 is 0 Å². The van der Waals surface area contributed by atoms with E-state index in [1.165, 1.54) is 55.8 Å². The van der Waals surface area contributed by atoms with Gasteiger partial charge in [0.05, 0.1) is 55.5 Å². The van der Waals surface area contributed by atoms with Crippen LogP contribution in [0.3, 0.4) is 0 Å². The van der Waals surface area contributed by atoms with Crippen LogP contribution in [0.1, 0.15) is 16.7 Å². The Balaban J connectivity index is 1.94. The molecule has 3 rings (SSSR count).